The van der Waals surface area contributed by atoms with Gasteiger partial charge in [0.05, 0.1) is 12.3 Å². The molecule has 27 heavy (non-hydrogen) atoms. The molecular formula is C19H15FN2O4S. The molecule has 138 valence electrons. The Morgan fingerprint density at radius 2 is 2.00 bits per heavy atom. The highest BCUT2D eigenvalue weighted by Crippen LogP contribution is 2.29. The molecule has 0 aromatic heterocycles. The van der Waals surface area contributed by atoms with Gasteiger partial charge < -0.3 is 9.84 Å². The van der Waals surface area contributed by atoms with Crippen molar-refractivity contribution in [2.24, 2.45) is 0 Å². The molecule has 1 heterocycles. The van der Waals surface area contributed by atoms with E-state index in [1.54, 1.807) is 13.0 Å². The lowest BCUT2D eigenvalue weighted by Crippen LogP contribution is -2.54. The number of anilines is 1. The number of phenols is 1. The number of hydrogen-bond acceptors (Lipinski definition) is 5. The number of benzene rings is 2. The van der Waals surface area contributed by atoms with Crippen LogP contribution in [-0.2, 0) is 9.59 Å². The van der Waals surface area contributed by atoms with Gasteiger partial charge in [-0.25, -0.2) is 9.29 Å². The summed E-state index contributed by atoms with van der Waals surface area (Å²) in [6.07, 6.45) is 1.33. The van der Waals surface area contributed by atoms with Crippen molar-refractivity contribution >= 4 is 40.9 Å². The Morgan fingerprint density at radius 1 is 1.26 bits per heavy atom. The van der Waals surface area contributed by atoms with Gasteiger partial charge in [0.2, 0.25) is 0 Å². The summed E-state index contributed by atoms with van der Waals surface area (Å²) in [4.78, 5) is 26.0. The second kappa shape index (κ2) is 7.55. The zero-order valence-corrected chi connectivity index (χ0v) is 15.0. The molecule has 0 bridgehead atoms. The van der Waals surface area contributed by atoms with Gasteiger partial charge in [-0.3, -0.25) is 14.9 Å². The normalized spacial score (nSPS) is 15.9. The second-order valence-electron chi connectivity index (χ2n) is 5.57. The number of rotatable bonds is 4. The van der Waals surface area contributed by atoms with Crippen LogP contribution < -0.4 is 15.0 Å². The van der Waals surface area contributed by atoms with Crippen molar-refractivity contribution in [2.75, 3.05) is 11.5 Å². The highest BCUT2D eigenvalue weighted by atomic mass is 32.1. The Kier molecular flexibility index (Phi) is 5.18. The van der Waals surface area contributed by atoms with Gasteiger partial charge in [0.25, 0.3) is 11.8 Å². The van der Waals surface area contributed by atoms with Crippen LogP contribution >= 0.6 is 12.2 Å². The average molecular weight is 386 g/mol. The maximum atomic E-state index is 14.1. The summed E-state index contributed by atoms with van der Waals surface area (Å²) in [5.41, 5.74) is 0.176. The maximum Gasteiger partial charge on any atom is 0.270 e. The summed E-state index contributed by atoms with van der Waals surface area (Å²) >= 11 is 5.04. The lowest BCUT2D eigenvalue weighted by atomic mass is 10.1. The van der Waals surface area contributed by atoms with E-state index in [1.807, 2.05) is 0 Å². The van der Waals surface area contributed by atoms with Crippen LogP contribution in [-0.4, -0.2) is 28.6 Å². The van der Waals surface area contributed by atoms with Crippen LogP contribution in [0.1, 0.15) is 12.5 Å². The molecule has 0 spiro atoms. The van der Waals surface area contributed by atoms with E-state index in [0.717, 1.165) is 4.90 Å². The minimum atomic E-state index is -0.750. The first-order valence-corrected chi connectivity index (χ1v) is 8.45. The van der Waals surface area contributed by atoms with Crippen LogP contribution in [0.4, 0.5) is 10.1 Å². The van der Waals surface area contributed by atoms with Crippen molar-refractivity contribution in [1.82, 2.24) is 5.32 Å². The molecule has 6 nitrogen and oxygen atoms in total. The first kappa shape index (κ1) is 18.5. The quantitative estimate of drug-likeness (QED) is 0.480. The molecule has 1 aliphatic heterocycles. The zero-order chi connectivity index (χ0) is 19.6. The number of carbonyl (C=O) groups excluding carboxylic acids is 2. The van der Waals surface area contributed by atoms with Gasteiger partial charge in [-0.2, -0.15) is 0 Å². The molecule has 0 aliphatic carbocycles. The topological polar surface area (TPSA) is 78.9 Å². The smallest absolute Gasteiger partial charge is 0.270 e. The van der Waals surface area contributed by atoms with Crippen molar-refractivity contribution < 1.29 is 23.8 Å². The van der Waals surface area contributed by atoms with Gasteiger partial charge in [-0.15, -0.1) is 0 Å². The van der Waals surface area contributed by atoms with Gasteiger partial charge in [-0.05, 0) is 55.0 Å². The van der Waals surface area contributed by atoms with Crippen LogP contribution in [0.15, 0.2) is 48.0 Å². The minimum Gasteiger partial charge on any atom is -0.504 e. The number of carbonyl (C=O) groups is 2. The molecule has 8 heteroatoms. The summed E-state index contributed by atoms with van der Waals surface area (Å²) in [5.74, 6) is -1.93. The fourth-order valence-corrected chi connectivity index (χ4v) is 2.84. The summed E-state index contributed by atoms with van der Waals surface area (Å²) in [6.45, 7) is 2.10. The van der Waals surface area contributed by atoms with Gasteiger partial charge in [-0.1, -0.05) is 18.2 Å². The van der Waals surface area contributed by atoms with E-state index in [1.165, 1.54) is 42.5 Å². The molecule has 2 aromatic carbocycles. The van der Waals surface area contributed by atoms with E-state index >= 15 is 0 Å². The largest absolute Gasteiger partial charge is 0.504 e. The number of phenolic OH excluding ortho intramolecular Hbond substituents is 1. The molecule has 2 N–H and O–H groups in total. The molecule has 0 unspecified atom stereocenters. The summed E-state index contributed by atoms with van der Waals surface area (Å²) < 4.78 is 19.4. The number of nitrogens with zero attached hydrogens (tertiary/aromatic N) is 1. The van der Waals surface area contributed by atoms with Crippen LogP contribution in [0, 0.1) is 5.82 Å². The molecule has 0 atom stereocenters. The van der Waals surface area contributed by atoms with E-state index in [9.17, 15) is 19.1 Å². The Morgan fingerprint density at radius 3 is 2.70 bits per heavy atom. The zero-order valence-electron chi connectivity index (χ0n) is 14.2. The third-order valence-corrected chi connectivity index (χ3v) is 4.07. The standard InChI is InChI=1S/C19H15FN2O4S/c1-2-26-16-10-11(7-8-15(16)23)9-12-17(24)21-19(27)22(18(12)25)14-6-4-3-5-13(14)20/h3-10,23H,2H2,1H3,(H,21,24,27)/b12-9+. The third kappa shape index (κ3) is 3.65. The summed E-state index contributed by atoms with van der Waals surface area (Å²) in [7, 11) is 0. The van der Waals surface area contributed by atoms with E-state index in [2.05, 4.69) is 5.32 Å². The molecule has 2 aromatic rings. The highest BCUT2D eigenvalue weighted by Gasteiger charge is 2.35. The Balaban J connectivity index is 2.02. The van der Waals surface area contributed by atoms with Crippen molar-refractivity contribution in [3.05, 3.63) is 59.4 Å². The molecule has 3 rings (SSSR count). The number of hydrogen-bond donors (Lipinski definition) is 2. The lowest BCUT2D eigenvalue weighted by molar-refractivity contribution is -0.122. The van der Waals surface area contributed by atoms with E-state index in [0.29, 0.717) is 12.2 Å². The molecule has 1 fully saturated rings. The highest BCUT2D eigenvalue weighted by molar-refractivity contribution is 7.80. The molecular weight excluding hydrogens is 371 g/mol. The third-order valence-electron chi connectivity index (χ3n) is 3.79. The molecule has 1 aliphatic rings. The van der Waals surface area contributed by atoms with Crippen molar-refractivity contribution in [3.8, 4) is 11.5 Å². The molecule has 0 saturated carbocycles. The van der Waals surface area contributed by atoms with E-state index in [4.69, 9.17) is 17.0 Å². The van der Waals surface area contributed by atoms with Crippen molar-refractivity contribution in [1.29, 1.82) is 0 Å². The summed E-state index contributed by atoms with van der Waals surface area (Å²) in [6, 6.07) is 10.0. The van der Waals surface area contributed by atoms with Gasteiger partial charge >= 0.3 is 0 Å². The predicted molar refractivity (Wildman–Crippen MR) is 102 cm³/mol. The van der Waals surface area contributed by atoms with Crippen LogP contribution in [0.5, 0.6) is 11.5 Å². The second-order valence-corrected chi connectivity index (χ2v) is 5.96. The van der Waals surface area contributed by atoms with Crippen LogP contribution in [0.3, 0.4) is 0 Å². The lowest BCUT2D eigenvalue weighted by Gasteiger charge is -2.29. The maximum absolute atomic E-state index is 14.1. The molecule has 1 saturated heterocycles. The van der Waals surface area contributed by atoms with Gasteiger partial charge in [0.1, 0.15) is 11.4 Å². The number of aromatic hydroxyl groups is 1. The van der Waals surface area contributed by atoms with Crippen molar-refractivity contribution in [2.45, 2.75) is 6.92 Å². The van der Waals surface area contributed by atoms with Gasteiger partial charge in [0, 0.05) is 0 Å². The fraction of sp³-hybridized carbons (Fsp3) is 0.105. The van der Waals surface area contributed by atoms with Crippen molar-refractivity contribution in [3.63, 3.8) is 0 Å². The predicted octanol–water partition coefficient (Wildman–Crippen LogP) is 2.76. The Labute approximate surface area is 159 Å². The monoisotopic (exact) mass is 386 g/mol. The Bertz CT molecular complexity index is 974. The van der Waals surface area contributed by atoms with Crippen LogP contribution in [0.2, 0.25) is 0 Å². The first-order chi connectivity index (χ1) is 12.9. The minimum absolute atomic E-state index is 0.0564. The fourth-order valence-electron chi connectivity index (χ4n) is 2.57. The SMILES string of the molecule is CCOc1cc(/C=C2\C(=O)NC(=S)N(c3ccccc3F)C2=O)ccc1O. The number of para-hydroxylation sites is 1. The number of nitrogens with one attached hydrogen (secondary N) is 1. The van der Waals surface area contributed by atoms with Crippen LogP contribution in [0.25, 0.3) is 6.08 Å². The number of thiocarbonyl (C=S) groups is 1. The molecule has 0 radical (unpaired) electrons. The van der Waals surface area contributed by atoms with E-state index in [-0.39, 0.29) is 27.9 Å². The number of ether oxygens (including phenoxy) is 1. The summed E-state index contributed by atoms with van der Waals surface area (Å²) in [5, 5.41) is 12.0. The van der Waals surface area contributed by atoms with E-state index < -0.39 is 17.6 Å². The number of amides is 2. The average Bonchev–Trinajstić information content (AvgIpc) is 2.63. The number of halogens is 1. The molecule has 2 amide bonds. The first-order valence-electron chi connectivity index (χ1n) is 8.04. The van der Waals surface area contributed by atoms with Gasteiger partial charge in [0.15, 0.2) is 16.6 Å². The Hall–Kier alpha value is -3.26.